The standard InChI is InChI=1S/C18H16N4O3S2/c19-17(25)20-13(23)9-27-18-21-15-14(12(8-26-15)10-6-7-10)16(24)22(18)11-4-2-1-3-5-11/h1-5,8,10H,6-7,9H2,(H3,19,20,23,25). The number of primary amides is 1. The number of hydrogen-bond donors (Lipinski definition) is 2. The van der Waals surface area contributed by atoms with Crippen LogP contribution in [0.4, 0.5) is 4.79 Å². The number of nitrogens with one attached hydrogen (secondary N) is 1. The number of hydrogen-bond acceptors (Lipinski definition) is 6. The van der Waals surface area contributed by atoms with Crippen molar-refractivity contribution in [2.24, 2.45) is 5.73 Å². The Morgan fingerprint density at radius 3 is 2.70 bits per heavy atom. The van der Waals surface area contributed by atoms with Crippen LogP contribution in [0, 0.1) is 0 Å². The molecule has 1 aromatic carbocycles. The van der Waals surface area contributed by atoms with Crippen molar-refractivity contribution < 1.29 is 9.59 Å². The highest BCUT2D eigenvalue weighted by Gasteiger charge is 2.29. The smallest absolute Gasteiger partial charge is 0.318 e. The highest BCUT2D eigenvalue weighted by atomic mass is 32.2. The van der Waals surface area contributed by atoms with Crippen molar-refractivity contribution in [1.82, 2.24) is 14.9 Å². The van der Waals surface area contributed by atoms with E-state index in [4.69, 9.17) is 5.73 Å². The molecule has 0 aliphatic heterocycles. The number of benzene rings is 1. The summed E-state index contributed by atoms with van der Waals surface area (Å²) in [5.41, 5.74) is 6.59. The minimum absolute atomic E-state index is 0.0748. The third-order valence-electron chi connectivity index (χ3n) is 4.23. The minimum Gasteiger partial charge on any atom is -0.351 e. The lowest BCUT2D eigenvalue weighted by atomic mass is 10.1. The Morgan fingerprint density at radius 1 is 1.30 bits per heavy atom. The van der Waals surface area contributed by atoms with Gasteiger partial charge < -0.3 is 5.73 Å². The molecule has 0 bridgehead atoms. The second-order valence-corrected chi connectivity index (χ2v) is 8.02. The average Bonchev–Trinajstić information content (AvgIpc) is 3.39. The van der Waals surface area contributed by atoms with Crippen molar-refractivity contribution in [3.63, 3.8) is 0 Å². The quantitative estimate of drug-likeness (QED) is 0.506. The zero-order valence-electron chi connectivity index (χ0n) is 14.2. The van der Waals surface area contributed by atoms with E-state index in [0.29, 0.717) is 27.0 Å². The SMILES string of the molecule is NC(=O)NC(=O)CSc1nc2scc(C3CC3)c2c(=O)n1-c1ccccc1. The highest BCUT2D eigenvalue weighted by molar-refractivity contribution is 7.99. The summed E-state index contributed by atoms with van der Waals surface area (Å²) in [6.07, 6.45) is 2.20. The molecule has 27 heavy (non-hydrogen) atoms. The van der Waals surface area contributed by atoms with Crippen LogP contribution in [-0.4, -0.2) is 27.2 Å². The number of aromatic nitrogens is 2. The largest absolute Gasteiger partial charge is 0.351 e. The summed E-state index contributed by atoms with van der Waals surface area (Å²) >= 11 is 2.54. The molecular formula is C18H16N4O3S2. The van der Waals surface area contributed by atoms with Crippen molar-refractivity contribution in [2.45, 2.75) is 23.9 Å². The van der Waals surface area contributed by atoms with E-state index < -0.39 is 11.9 Å². The van der Waals surface area contributed by atoms with Crippen molar-refractivity contribution in [1.29, 1.82) is 0 Å². The van der Waals surface area contributed by atoms with Gasteiger partial charge in [-0.15, -0.1) is 11.3 Å². The Kier molecular flexibility index (Phi) is 4.71. The lowest BCUT2D eigenvalue weighted by Gasteiger charge is -2.12. The van der Waals surface area contributed by atoms with Gasteiger partial charge in [0.1, 0.15) is 4.83 Å². The fraction of sp³-hybridized carbons (Fsp3) is 0.222. The first-order valence-corrected chi connectivity index (χ1v) is 10.2. The first-order chi connectivity index (χ1) is 13.0. The van der Waals surface area contributed by atoms with Gasteiger partial charge in [-0.25, -0.2) is 9.78 Å². The van der Waals surface area contributed by atoms with Crippen LogP contribution in [0.5, 0.6) is 0 Å². The number of thioether (sulfide) groups is 1. The molecule has 1 aliphatic rings. The number of imide groups is 1. The van der Waals surface area contributed by atoms with Crippen molar-refractivity contribution in [3.8, 4) is 5.69 Å². The molecule has 9 heteroatoms. The van der Waals surface area contributed by atoms with Crippen LogP contribution in [0.3, 0.4) is 0 Å². The number of carbonyl (C=O) groups excluding carboxylic acids is 2. The van der Waals surface area contributed by atoms with E-state index in [1.807, 2.05) is 41.0 Å². The second-order valence-electron chi connectivity index (χ2n) is 6.22. The lowest BCUT2D eigenvalue weighted by molar-refractivity contribution is -0.117. The third-order valence-corrected chi connectivity index (χ3v) is 6.06. The fourth-order valence-electron chi connectivity index (χ4n) is 2.89. The molecule has 2 aromatic heterocycles. The van der Waals surface area contributed by atoms with E-state index >= 15 is 0 Å². The molecule has 1 aliphatic carbocycles. The van der Waals surface area contributed by atoms with Crippen molar-refractivity contribution >= 4 is 45.3 Å². The fourth-order valence-corrected chi connectivity index (χ4v) is 4.77. The van der Waals surface area contributed by atoms with Gasteiger partial charge in [0.25, 0.3) is 5.56 Å². The average molecular weight is 400 g/mol. The first-order valence-electron chi connectivity index (χ1n) is 8.36. The minimum atomic E-state index is -0.906. The zero-order chi connectivity index (χ0) is 19.0. The van der Waals surface area contributed by atoms with E-state index in [-0.39, 0.29) is 11.3 Å². The van der Waals surface area contributed by atoms with Gasteiger partial charge in [0.05, 0.1) is 16.8 Å². The lowest BCUT2D eigenvalue weighted by Crippen LogP contribution is -2.36. The van der Waals surface area contributed by atoms with Crippen LogP contribution in [0.2, 0.25) is 0 Å². The normalized spacial score (nSPS) is 13.6. The predicted molar refractivity (Wildman–Crippen MR) is 106 cm³/mol. The van der Waals surface area contributed by atoms with Gasteiger partial charge in [0.2, 0.25) is 5.91 Å². The number of para-hydroxylation sites is 1. The number of nitrogens with two attached hydrogens (primary N) is 1. The van der Waals surface area contributed by atoms with E-state index in [1.165, 1.54) is 15.9 Å². The van der Waals surface area contributed by atoms with E-state index in [0.717, 1.165) is 30.2 Å². The molecule has 7 nitrogen and oxygen atoms in total. The molecule has 2 heterocycles. The van der Waals surface area contributed by atoms with Crippen molar-refractivity contribution in [2.75, 3.05) is 5.75 Å². The summed E-state index contributed by atoms with van der Waals surface area (Å²) in [5.74, 6) is -0.169. The Labute approximate surface area is 162 Å². The third kappa shape index (κ3) is 3.60. The molecule has 138 valence electrons. The van der Waals surface area contributed by atoms with Gasteiger partial charge in [-0.05, 0) is 41.8 Å². The Morgan fingerprint density at radius 2 is 2.04 bits per heavy atom. The Balaban J connectivity index is 1.80. The van der Waals surface area contributed by atoms with E-state index in [2.05, 4.69) is 4.98 Å². The molecule has 1 saturated carbocycles. The first kappa shape index (κ1) is 17.7. The summed E-state index contributed by atoms with van der Waals surface area (Å²) < 4.78 is 1.53. The Bertz CT molecular complexity index is 1090. The molecule has 3 aromatic rings. The van der Waals surface area contributed by atoms with Crippen LogP contribution >= 0.6 is 23.1 Å². The predicted octanol–water partition coefficient (Wildman–Crippen LogP) is 2.61. The van der Waals surface area contributed by atoms with Crippen LogP contribution in [-0.2, 0) is 4.79 Å². The van der Waals surface area contributed by atoms with Crippen molar-refractivity contribution in [3.05, 3.63) is 51.6 Å². The van der Waals surface area contributed by atoms with E-state index in [1.54, 1.807) is 0 Å². The molecular weight excluding hydrogens is 384 g/mol. The maximum Gasteiger partial charge on any atom is 0.318 e. The molecule has 0 spiro atoms. The number of fused-ring (bicyclic) bond motifs is 1. The van der Waals surface area contributed by atoms with Crippen LogP contribution < -0.4 is 16.6 Å². The topological polar surface area (TPSA) is 107 Å². The summed E-state index contributed by atoms with van der Waals surface area (Å²) in [4.78, 5) is 41.2. The molecule has 0 radical (unpaired) electrons. The summed E-state index contributed by atoms with van der Waals surface area (Å²) in [7, 11) is 0. The summed E-state index contributed by atoms with van der Waals surface area (Å²) in [6, 6.07) is 8.30. The molecule has 3 amide bonds. The van der Waals surface area contributed by atoms with Crippen LogP contribution in [0.25, 0.3) is 15.9 Å². The highest BCUT2D eigenvalue weighted by Crippen LogP contribution is 2.44. The van der Waals surface area contributed by atoms with Gasteiger partial charge in [0.15, 0.2) is 5.16 Å². The molecule has 0 saturated heterocycles. The van der Waals surface area contributed by atoms with Gasteiger partial charge >= 0.3 is 6.03 Å². The number of nitrogens with zero attached hydrogens (tertiary/aromatic N) is 2. The van der Waals surface area contributed by atoms with Gasteiger partial charge in [0, 0.05) is 0 Å². The molecule has 3 N–H and O–H groups in total. The monoisotopic (exact) mass is 400 g/mol. The zero-order valence-corrected chi connectivity index (χ0v) is 15.8. The van der Waals surface area contributed by atoms with Gasteiger partial charge in [-0.2, -0.15) is 0 Å². The summed E-state index contributed by atoms with van der Waals surface area (Å²) in [5, 5.41) is 5.10. The maximum atomic E-state index is 13.3. The summed E-state index contributed by atoms with van der Waals surface area (Å²) in [6.45, 7) is 0. The number of rotatable bonds is 5. The number of carbonyl (C=O) groups is 2. The van der Waals surface area contributed by atoms with Crippen LogP contribution in [0.15, 0.2) is 45.7 Å². The maximum absolute atomic E-state index is 13.3. The molecule has 4 rings (SSSR count). The molecule has 1 fully saturated rings. The Hall–Kier alpha value is -2.65. The number of urea groups is 1. The molecule has 0 unspecified atom stereocenters. The second kappa shape index (κ2) is 7.16. The number of amides is 3. The van der Waals surface area contributed by atoms with E-state index in [9.17, 15) is 14.4 Å². The molecule has 0 atom stereocenters. The van der Waals surface area contributed by atoms with Gasteiger partial charge in [-0.1, -0.05) is 30.0 Å². The van der Waals surface area contributed by atoms with Crippen LogP contribution in [0.1, 0.15) is 24.3 Å². The number of thiophene rings is 1. The van der Waals surface area contributed by atoms with Gasteiger partial charge in [-0.3, -0.25) is 19.5 Å².